The molecule has 0 saturated heterocycles. The molecule has 0 aliphatic rings. The van der Waals surface area contributed by atoms with Gasteiger partial charge in [-0.2, -0.15) is 4.98 Å². The van der Waals surface area contributed by atoms with Crippen LogP contribution in [0.1, 0.15) is 23.9 Å². The molecule has 3 aromatic rings. The number of aromatic nitrogens is 2. The fraction of sp³-hybridized carbons (Fsp3) is 0.250. The average Bonchev–Trinajstić information content (AvgIpc) is 3.13. The average molecular weight is 446 g/mol. The number of anilines is 1. The topological polar surface area (TPSA) is 68.0 Å². The third-order valence-corrected chi connectivity index (χ3v) is 5.52. The standard InChI is InChI=1S/C20H20BrN3O2S/c1-3-14-5-7-15(8-6-14)20-23-19(26-24-20)12-27-11-18(25)22-17-9-4-13(2)10-16(17)21/h4-10H,3,11-12H2,1-2H3,(H,22,25). The molecule has 5 nitrogen and oxygen atoms in total. The zero-order valence-electron chi connectivity index (χ0n) is 15.2. The number of nitrogens with one attached hydrogen (secondary N) is 1. The molecule has 0 saturated carbocycles. The maximum absolute atomic E-state index is 12.1. The molecule has 1 heterocycles. The van der Waals surface area contributed by atoms with E-state index in [0.717, 1.165) is 27.7 Å². The van der Waals surface area contributed by atoms with Crippen LogP contribution in [0.25, 0.3) is 11.4 Å². The monoisotopic (exact) mass is 445 g/mol. The number of aryl methyl sites for hydroxylation is 2. The van der Waals surface area contributed by atoms with Gasteiger partial charge in [-0.15, -0.1) is 11.8 Å². The normalized spacial score (nSPS) is 10.8. The van der Waals surface area contributed by atoms with Gasteiger partial charge in [0.05, 0.1) is 17.2 Å². The van der Waals surface area contributed by atoms with Gasteiger partial charge in [0.25, 0.3) is 0 Å². The molecule has 2 aromatic carbocycles. The first-order chi connectivity index (χ1) is 13.0. The number of amides is 1. The van der Waals surface area contributed by atoms with Crippen molar-refractivity contribution in [3.8, 4) is 11.4 Å². The molecule has 27 heavy (non-hydrogen) atoms. The van der Waals surface area contributed by atoms with Gasteiger partial charge < -0.3 is 9.84 Å². The minimum atomic E-state index is -0.0700. The van der Waals surface area contributed by atoms with Crippen molar-refractivity contribution in [3.63, 3.8) is 0 Å². The Morgan fingerprint density at radius 1 is 1.22 bits per heavy atom. The Morgan fingerprint density at radius 2 is 2.00 bits per heavy atom. The summed E-state index contributed by atoms with van der Waals surface area (Å²) in [6.45, 7) is 4.12. The van der Waals surface area contributed by atoms with Crippen molar-refractivity contribution >= 4 is 39.3 Å². The number of benzene rings is 2. The lowest BCUT2D eigenvalue weighted by Crippen LogP contribution is -2.14. The molecule has 0 unspecified atom stereocenters. The van der Waals surface area contributed by atoms with Crippen molar-refractivity contribution in [2.45, 2.75) is 26.0 Å². The third-order valence-electron chi connectivity index (χ3n) is 3.95. The number of hydrogen-bond acceptors (Lipinski definition) is 5. The van der Waals surface area contributed by atoms with Gasteiger partial charge in [0.2, 0.25) is 17.6 Å². The Bertz CT molecular complexity index is 925. The fourth-order valence-corrected chi connectivity index (χ4v) is 3.70. The molecule has 1 N–H and O–H groups in total. The van der Waals surface area contributed by atoms with E-state index in [0.29, 0.717) is 23.2 Å². The molecule has 3 rings (SSSR count). The maximum atomic E-state index is 12.1. The van der Waals surface area contributed by atoms with E-state index in [4.69, 9.17) is 4.52 Å². The number of carbonyl (C=O) groups excluding carboxylic acids is 1. The smallest absolute Gasteiger partial charge is 0.236 e. The van der Waals surface area contributed by atoms with Crippen molar-refractivity contribution < 1.29 is 9.32 Å². The van der Waals surface area contributed by atoms with Gasteiger partial charge in [0.15, 0.2) is 0 Å². The summed E-state index contributed by atoms with van der Waals surface area (Å²) < 4.78 is 6.16. The van der Waals surface area contributed by atoms with E-state index in [9.17, 15) is 4.79 Å². The van der Waals surface area contributed by atoms with Crippen LogP contribution in [0.5, 0.6) is 0 Å². The van der Waals surface area contributed by atoms with E-state index in [1.54, 1.807) is 0 Å². The Hall–Kier alpha value is -2.12. The Labute approximate surface area is 171 Å². The molecule has 0 bridgehead atoms. The van der Waals surface area contributed by atoms with Gasteiger partial charge in [-0.3, -0.25) is 4.79 Å². The molecule has 7 heteroatoms. The molecule has 0 fully saturated rings. The molecule has 0 radical (unpaired) electrons. The largest absolute Gasteiger partial charge is 0.338 e. The van der Waals surface area contributed by atoms with Gasteiger partial charge >= 0.3 is 0 Å². The number of carbonyl (C=O) groups is 1. The summed E-state index contributed by atoms with van der Waals surface area (Å²) in [6, 6.07) is 13.9. The molecular weight excluding hydrogens is 426 g/mol. The van der Waals surface area contributed by atoms with Crippen molar-refractivity contribution in [2.24, 2.45) is 0 Å². The highest BCUT2D eigenvalue weighted by Gasteiger charge is 2.11. The van der Waals surface area contributed by atoms with Crippen LogP contribution < -0.4 is 5.32 Å². The van der Waals surface area contributed by atoms with Gasteiger partial charge in [-0.25, -0.2) is 0 Å². The Kier molecular flexibility index (Phi) is 6.68. The highest BCUT2D eigenvalue weighted by atomic mass is 79.9. The summed E-state index contributed by atoms with van der Waals surface area (Å²) in [5, 5.41) is 6.91. The molecule has 1 aromatic heterocycles. The van der Waals surface area contributed by atoms with Crippen LogP contribution in [-0.2, 0) is 17.0 Å². The predicted octanol–water partition coefficient (Wildman–Crippen LogP) is 5.24. The second kappa shape index (κ2) is 9.19. The molecule has 0 aliphatic heterocycles. The van der Waals surface area contributed by atoms with Crippen molar-refractivity contribution in [1.29, 1.82) is 0 Å². The van der Waals surface area contributed by atoms with E-state index in [1.165, 1.54) is 17.3 Å². The lowest BCUT2D eigenvalue weighted by atomic mass is 10.1. The van der Waals surface area contributed by atoms with Gasteiger partial charge in [0, 0.05) is 10.0 Å². The first kappa shape index (κ1) is 19.6. The van der Waals surface area contributed by atoms with Gasteiger partial charge in [-0.1, -0.05) is 42.4 Å². The molecule has 1 amide bonds. The quantitative estimate of drug-likeness (QED) is 0.538. The number of halogens is 1. The van der Waals surface area contributed by atoms with E-state index < -0.39 is 0 Å². The Morgan fingerprint density at radius 3 is 2.70 bits per heavy atom. The minimum absolute atomic E-state index is 0.0700. The SMILES string of the molecule is CCc1ccc(-c2noc(CSCC(=O)Nc3ccc(C)cc3Br)n2)cc1. The molecule has 0 spiro atoms. The minimum Gasteiger partial charge on any atom is -0.338 e. The van der Waals surface area contributed by atoms with E-state index in [-0.39, 0.29) is 5.91 Å². The van der Waals surface area contributed by atoms with Gasteiger partial charge in [0.1, 0.15) is 0 Å². The zero-order chi connectivity index (χ0) is 19.2. The summed E-state index contributed by atoms with van der Waals surface area (Å²) in [5.41, 5.74) is 4.09. The summed E-state index contributed by atoms with van der Waals surface area (Å²) in [4.78, 5) is 16.5. The second-order valence-electron chi connectivity index (χ2n) is 6.09. The molecule has 140 valence electrons. The Balaban J connectivity index is 1.50. The van der Waals surface area contributed by atoms with Crippen LogP contribution in [0.3, 0.4) is 0 Å². The summed E-state index contributed by atoms with van der Waals surface area (Å²) in [7, 11) is 0. The molecule has 0 aliphatic carbocycles. The van der Waals surface area contributed by atoms with Crippen LogP contribution in [0.4, 0.5) is 5.69 Å². The maximum Gasteiger partial charge on any atom is 0.236 e. The van der Waals surface area contributed by atoms with Crippen molar-refractivity contribution in [1.82, 2.24) is 10.1 Å². The molecule has 0 atom stereocenters. The first-order valence-electron chi connectivity index (χ1n) is 8.61. The third kappa shape index (κ3) is 5.43. The zero-order valence-corrected chi connectivity index (χ0v) is 17.6. The number of thioether (sulfide) groups is 1. The lowest BCUT2D eigenvalue weighted by molar-refractivity contribution is -0.113. The van der Waals surface area contributed by atoms with Crippen LogP contribution in [-0.4, -0.2) is 21.8 Å². The summed E-state index contributed by atoms with van der Waals surface area (Å²) in [5.74, 6) is 1.81. The van der Waals surface area contributed by atoms with Crippen LogP contribution in [0, 0.1) is 6.92 Å². The fourth-order valence-electron chi connectivity index (χ4n) is 2.46. The number of rotatable bonds is 7. The summed E-state index contributed by atoms with van der Waals surface area (Å²) in [6.07, 6.45) is 0.996. The number of nitrogens with zero attached hydrogens (tertiary/aromatic N) is 2. The predicted molar refractivity (Wildman–Crippen MR) is 113 cm³/mol. The van der Waals surface area contributed by atoms with E-state index in [2.05, 4.69) is 50.4 Å². The highest BCUT2D eigenvalue weighted by molar-refractivity contribution is 9.10. The van der Waals surface area contributed by atoms with E-state index >= 15 is 0 Å². The second-order valence-corrected chi connectivity index (χ2v) is 7.93. The van der Waals surface area contributed by atoms with Crippen LogP contribution >= 0.6 is 27.7 Å². The van der Waals surface area contributed by atoms with Crippen molar-refractivity contribution in [3.05, 3.63) is 64.0 Å². The van der Waals surface area contributed by atoms with E-state index in [1.807, 2.05) is 37.3 Å². The van der Waals surface area contributed by atoms with Crippen molar-refractivity contribution in [2.75, 3.05) is 11.1 Å². The lowest BCUT2D eigenvalue weighted by Gasteiger charge is -2.07. The van der Waals surface area contributed by atoms with Crippen LogP contribution in [0.2, 0.25) is 0 Å². The molecular formula is C20H20BrN3O2S. The van der Waals surface area contributed by atoms with Crippen LogP contribution in [0.15, 0.2) is 51.5 Å². The highest BCUT2D eigenvalue weighted by Crippen LogP contribution is 2.24. The number of hydrogen-bond donors (Lipinski definition) is 1. The first-order valence-corrected chi connectivity index (χ1v) is 10.6. The summed E-state index contributed by atoms with van der Waals surface area (Å²) >= 11 is 4.89. The van der Waals surface area contributed by atoms with Gasteiger partial charge in [-0.05, 0) is 52.5 Å².